The summed E-state index contributed by atoms with van der Waals surface area (Å²) >= 11 is 5.32. The molecule has 0 spiro atoms. The van der Waals surface area contributed by atoms with E-state index < -0.39 is 11.9 Å². The summed E-state index contributed by atoms with van der Waals surface area (Å²) in [6.45, 7) is -0.181. The number of halogens is 1. The zero-order valence-corrected chi connectivity index (χ0v) is 32.4. The number of rotatable bonds is 6. The predicted octanol–water partition coefficient (Wildman–Crippen LogP) is -1.83. The third-order valence-electron chi connectivity index (χ3n) is 6.69. The Labute approximate surface area is 352 Å². The van der Waals surface area contributed by atoms with Gasteiger partial charge in [0.1, 0.15) is 22.6 Å². The minimum atomic E-state index is -1.22. The number of carboxylic acids is 2. The molecule has 4 rings (SSSR count). The monoisotopic (exact) mass is 702 g/mol. The van der Waals surface area contributed by atoms with Crippen LogP contribution < -0.4 is 119 Å². The van der Waals surface area contributed by atoms with Crippen LogP contribution in [0.3, 0.4) is 0 Å². The second-order valence-corrected chi connectivity index (χ2v) is 10.1. The molecule has 1 amide bonds. The van der Waals surface area contributed by atoms with Crippen molar-refractivity contribution in [1.29, 1.82) is 0 Å². The van der Waals surface area contributed by atoms with Crippen LogP contribution in [-0.2, 0) is 19.3 Å². The number of benzene rings is 2. The van der Waals surface area contributed by atoms with E-state index in [1.807, 2.05) is 0 Å². The van der Waals surface area contributed by atoms with Gasteiger partial charge in [-0.25, -0.2) is 9.59 Å². The van der Waals surface area contributed by atoms with E-state index in [2.05, 4.69) is 10.2 Å². The number of hydrogen-bond acceptors (Lipinski definition) is 10. The fourth-order valence-corrected chi connectivity index (χ4v) is 4.67. The van der Waals surface area contributed by atoms with Gasteiger partial charge in [0.05, 0.1) is 0 Å². The Balaban J connectivity index is -0.000000589. The van der Waals surface area contributed by atoms with Crippen LogP contribution in [0, 0.1) is 11.8 Å². The number of hydrogen-bond donors (Lipinski definition) is 6. The predicted molar refractivity (Wildman–Crippen MR) is 155 cm³/mol. The van der Waals surface area contributed by atoms with Gasteiger partial charge < -0.3 is 43.0 Å². The van der Waals surface area contributed by atoms with Gasteiger partial charge in [-0.15, -0.1) is 0 Å². The van der Waals surface area contributed by atoms with Crippen LogP contribution in [0.15, 0.2) is 36.4 Å². The van der Waals surface area contributed by atoms with Gasteiger partial charge in [0.15, 0.2) is 0 Å². The molecule has 0 atom stereocenters. The quantitative estimate of drug-likeness (QED) is 0.0371. The zero-order chi connectivity index (χ0) is 32.4. The van der Waals surface area contributed by atoms with Crippen molar-refractivity contribution in [2.75, 3.05) is 11.1 Å². The van der Waals surface area contributed by atoms with Crippen LogP contribution in [-0.4, -0.2) is 50.0 Å². The summed E-state index contributed by atoms with van der Waals surface area (Å²) in [5.41, 5.74) is 5.64. The van der Waals surface area contributed by atoms with Gasteiger partial charge >= 0.3 is 115 Å². The Morgan fingerprint density at radius 2 is 1.24 bits per heavy atom. The molecular weight excluding hydrogens is 666 g/mol. The molecule has 2 aromatic rings. The van der Waals surface area contributed by atoms with Crippen LogP contribution in [0.4, 0.5) is 11.4 Å². The van der Waals surface area contributed by atoms with E-state index >= 15 is 0 Å². The number of amides is 1. The molecular formula is C29H37ClK2N2O11. The van der Waals surface area contributed by atoms with Crippen LogP contribution in [0.5, 0.6) is 11.5 Å². The second kappa shape index (κ2) is 25.9. The Bertz CT molecular complexity index is 1250. The molecule has 2 aromatic carbocycles. The minimum absolute atomic E-state index is 0. The molecule has 2 fully saturated rings. The summed E-state index contributed by atoms with van der Waals surface area (Å²) in [4.78, 5) is 55.1. The number of carbonyl (C=O) groups excluding carboxylic acids is 3. The molecule has 0 aromatic heterocycles. The van der Waals surface area contributed by atoms with Gasteiger partial charge in [0.2, 0.25) is 11.1 Å². The Morgan fingerprint density at radius 1 is 0.822 bits per heavy atom. The maximum Gasteiger partial charge on any atom is 1.00 e. The maximum absolute atomic E-state index is 12.0. The molecule has 0 bridgehead atoms. The number of carboxylic acid groups (broad SMARTS) is 2. The molecule has 45 heavy (non-hydrogen) atoms. The van der Waals surface area contributed by atoms with E-state index in [0.717, 1.165) is 38.5 Å². The number of nitrogen functional groups attached to an aromatic ring is 1. The first kappa shape index (κ1) is 46.0. The normalized spacial score (nSPS) is 13.9. The number of phenols is 2. The SMILES string of the molecule is Nc1ccc(O)c(C(=O)O)c1.O=C(Cl)C1CCCCC1.O=C(O)c1cc(NC(=O)C2CCCCC2)ccc1O.O=CO[O-].[H-].[K+].[K+]. The van der Waals surface area contributed by atoms with Crippen molar-refractivity contribution in [1.82, 2.24) is 0 Å². The molecule has 0 unspecified atom stereocenters. The first-order chi connectivity index (χ1) is 20.4. The van der Waals surface area contributed by atoms with Crippen molar-refractivity contribution in [3.8, 4) is 11.5 Å². The first-order valence-electron chi connectivity index (χ1n) is 13.5. The van der Waals surface area contributed by atoms with Crippen LogP contribution in [0.2, 0.25) is 0 Å². The third-order valence-corrected chi connectivity index (χ3v) is 7.00. The molecule has 7 N–H and O–H groups in total. The number of anilines is 2. The Hall–Kier alpha value is -1.09. The zero-order valence-electron chi connectivity index (χ0n) is 26.4. The molecule has 16 heteroatoms. The minimum Gasteiger partial charge on any atom is -1.00 e. The molecule has 2 aliphatic carbocycles. The van der Waals surface area contributed by atoms with Gasteiger partial charge in [-0.2, -0.15) is 0 Å². The van der Waals surface area contributed by atoms with Gasteiger partial charge in [-0.05, 0) is 73.7 Å². The number of aromatic hydroxyl groups is 2. The average molecular weight is 703 g/mol. The molecule has 0 radical (unpaired) electrons. The van der Waals surface area contributed by atoms with E-state index in [4.69, 9.17) is 42.7 Å². The summed E-state index contributed by atoms with van der Waals surface area (Å²) < 4.78 is 0. The van der Waals surface area contributed by atoms with Crippen molar-refractivity contribution in [3.05, 3.63) is 47.5 Å². The van der Waals surface area contributed by atoms with E-state index in [-0.39, 0.29) is 156 Å². The smallest absolute Gasteiger partial charge is 1.00 e. The van der Waals surface area contributed by atoms with Gasteiger partial charge in [0.25, 0.3) is 6.47 Å². The molecule has 238 valence electrons. The first-order valence-corrected chi connectivity index (χ1v) is 13.9. The van der Waals surface area contributed by atoms with Crippen molar-refractivity contribution >= 4 is 52.5 Å². The van der Waals surface area contributed by atoms with E-state index in [9.17, 15) is 24.3 Å². The molecule has 13 nitrogen and oxygen atoms in total. The number of carbonyl (C=O) groups is 5. The average Bonchev–Trinajstić information content (AvgIpc) is 3.00. The molecule has 0 saturated heterocycles. The topological polar surface area (TPSA) is 237 Å². The number of nitrogens with one attached hydrogen (secondary N) is 1. The molecule has 0 aliphatic heterocycles. The number of nitrogens with two attached hydrogens (primary N) is 1. The summed E-state index contributed by atoms with van der Waals surface area (Å²) in [5.74, 6) is -2.85. The third kappa shape index (κ3) is 18.7. The fourth-order valence-electron chi connectivity index (χ4n) is 4.45. The molecule has 0 heterocycles. The van der Waals surface area contributed by atoms with Gasteiger partial charge in [-0.1, -0.05) is 38.5 Å². The summed E-state index contributed by atoms with van der Waals surface area (Å²) in [5, 5.41) is 46.8. The van der Waals surface area contributed by atoms with Crippen LogP contribution in [0.25, 0.3) is 0 Å². The van der Waals surface area contributed by atoms with Gasteiger partial charge in [0, 0.05) is 23.2 Å². The summed E-state index contributed by atoms with van der Waals surface area (Å²) in [6.07, 6.45) is 10.7. The molecule has 2 saturated carbocycles. The second-order valence-electron chi connectivity index (χ2n) is 9.77. The number of aromatic carboxylic acids is 2. The Morgan fingerprint density at radius 3 is 1.62 bits per heavy atom. The largest absolute Gasteiger partial charge is 1.00 e. The Kier molecular flexibility index (Phi) is 26.5. The maximum atomic E-state index is 12.0. The van der Waals surface area contributed by atoms with E-state index in [1.54, 1.807) is 0 Å². The van der Waals surface area contributed by atoms with Crippen LogP contribution in [0.1, 0.15) is 86.4 Å². The van der Waals surface area contributed by atoms with Gasteiger partial charge in [-0.3, -0.25) is 14.4 Å². The molecule has 2 aliphatic rings. The standard InChI is InChI=1S/C14H17NO4.C7H11ClO.C7H7NO3.CH2O3.2K.H/c16-12-7-6-10(8-11(12)14(18)19)15-13(17)9-4-2-1-3-5-9;8-7(9)6-4-2-1-3-5-6;8-4-1-2-6(9)5(3-4)7(10)11;2-1-4-3;;;/h6-9,16H,1-5H2,(H,15,17)(H,18,19);6H,1-5H2;1-3,9H,8H2,(H,10,11);1,3H;;;/q;;;;2*+1;-1/p-1. The van der Waals surface area contributed by atoms with Crippen LogP contribution >= 0.6 is 11.6 Å². The summed E-state index contributed by atoms with van der Waals surface area (Å²) in [7, 11) is 0. The van der Waals surface area contributed by atoms with Crippen molar-refractivity contribution in [3.63, 3.8) is 0 Å². The summed E-state index contributed by atoms with van der Waals surface area (Å²) in [6, 6.07) is 7.94. The fraction of sp³-hybridized carbons (Fsp3) is 0.414. The van der Waals surface area contributed by atoms with Crippen molar-refractivity contribution in [2.45, 2.75) is 64.2 Å². The van der Waals surface area contributed by atoms with Crippen molar-refractivity contribution < 1.29 is 159 Å². The van der Waals surface area contributed by atoms with E-state index in [1.165, 1.54) is 62.1 Å². The van der Waals surface area contributed by atoms with E-state index in [0.29, 0.717) is 11.4 Å². The van der Waals surface area contributed by atoms with Crippen molar-refractivity contribution in [2.24, 2.45) is 11.8 Å².